The summed E-state index contributed by atoms with van der Waals surface area (Å²) in [5.74, 6) is -0.00897. The number of ether oxygens (including phenoxy) is 4. The fourth-order valence-electron chi connectivity index (χ4n) is 2.18. The maximum atomic E-state index is 12.8. The zero-order chi connectivity index (χ0) is 23.1. The Morgan fingerprint density at radius 1 is 0.900 bits per heavy atom. The molecule has 0 saturated heterocycles. The number of amides is 2. The second kappa shape index (κ2) is 10.7. The van der Waals surface area contributed by atoms with E-state index in [1.807, 2.05) is 24.3 Å². The predicted octanol–water partition coefficient (Wildman–Crippen LogP) is 3.16. The van der Waals surface area contributed by atoms with Crippen LogP contribution >= 0.6 is 0 Å². The molecule has 1 aromatic rings. The van der Waals surface area contributed by atoms with Crippen LogP contribution in [0.4, 0.5) is 9.59 Å². The third-order valence-electron chi connectivity index (χ3n) is 3.43. The summed E-state index contributed by atoms with van der Waals surface area (Å²) >= 11 is -0.243. The summed E-state index contributed by atoms with van der Waals surface area (Å²) in [6, 6.07) is 6.19. The second-order valence-corrected chi connectivity index (χ2v) is 10.7. The summed E-state index contributed by atoms with van der Waals surface area (Å²) < 4.78 is 21.7. The van der Waals surface area contributed by atoms with Crippen LogP contribution in [0.2, 0.25) is 5.32 Å². The SMILES string of the molecule is COC(=O)[C@H](C[Se]c1ccc(OC)cc1)N(C(=O)OC(C)(C)C)C(=O)OC(C)(C)C. The minimum absolute atomic E-state index is 0.199. The second-order valence-electron chi connectivity index (χ2n) is 8.36. The van der Waals surface area contributed by atoms with Crippen LogP contribution < -0.4 is 9.20 Å². The molecule has 8 nitrogen and oxygen atoms in total. The first-order valence-corrected chi connectivity index (χ1v) is 11.4. The quantitative estimate of drug-likeness (QED) is 0.345. The van der Waals surface area contributed by atoms with Crippen LogP contribution in [0.5, 0.6) is 5.75 Å². The summed E-state index contributed by atoms with van der Waals surface area (Å²) in [4.78, 5) is 38.9. The van der Waals surface area contributed by atoms with Crippen LogP contribution in [0.1, 0.15) is 41.5 Å². The van der Waals surface area contributed by atoms with E-state index in [1.165, 1.54) is 7.11 Å². The van der Waals surface area contributed by atoms with E-state index in [4.69, 9.17) is 18.9 Å². The van der Waals surface area contributed by atoms with Gasteiger partial charge in [-0.2, -0.15) is 0 Å². The Morgan fingerprint density at radius 3 is 1.73 bits per heavy atom. The first-order chi connectivity index (χ1) is 13.8. The topological polar surface area (TPSA) is 91.4 Å². The number of benzene rings is 1. The summed E-state index contributed by atoms with van der Waals surface area (Å²) in [7, 11) is 2.78. The van der Waals surface area contributed by atoms with Gasteiger partial charge in [-0.1, -0.05) is 0 Å². The van der Waals surface area contributed by atoms with Gasteiger partial charge in [-0.05, 0) is 0 Å². The third kappa shape index (κ3) is 8.63. The molecule has 0 aliphatic carbocycles. The van der Waals surface area contributed by atoms with Gasteiger partial charge in [-0.15, -0.1) is 0 Å². The molecule has 30 heavy (non-hydrogen) atoms. The van der Waals surface area contributed by atoms with Crippen LogP contribution in [-0.2, 0) is 19.0 Å². The molecule has 9 heteroatoms. The molecule has 0 aromatic heterocycles. The number of rotatable bonds is 6. The monoisotopic (exact) mass is 489 g/mol. The number of hydrogen-bond acceptors (Lipinski definition) is 7. The average Bonchev–Trinajstić information content (AvgIpc) is 2.61. The van der Waals surface area contributed by atoms with Crippen molar-refractivity contribution in [1.29, 1.82) is 0 Å². The van der Waals surface area contributed by atoms with E-state index < -0.39 is 35.4 Å². The molecule has 0 spiro atoms. The van der Waals surface area contributed by atoms with E-state index in [2.05, 4.69) is 0 Å². The molecule has 0 bridgehead atoms. The Kier molecular flexibility index (Phi) is 9.18. The van der Waals surface area contributed by atoms with Crippen molar-refractivity contribution in [2.24, 2.45) is 0 Å². The van der Waals surface area contributed by atoms with Crippen molar-refractivity contribution in [3.8, 4) is 5.75 Å². The fraction of sp³-hybridized carbons (Fsp3) is 0.571. The van der Waals surface area contributed by atoms with Gasteiger partial charge >= 0.3 is 184 Å². The minimum atomic E-state index is -1.18. The van der Waals surface area contributed by atoms with Gasteiger partial charge in [-0.25, -0.2) is 0 Å². The summed E-state index contributed by atoms with van der Waals surface area (Å²) in [5.41, 5.74) is -1.72. The van der Waals surface area contributed by atoms with E-state index in [0.717, 1.165) is 4.46 Å². The molecule has 0 aliphatic rings. The van der Waals surface area contributed by atoms with Crippen LogP contribution in [0.3, 0.4) is 0 Å². The number of imide groups is 1. The van der Waals surface area contributed by atoms with Crippen molar-refractivity contribution < 1.29 is 33.3 Å². The molecule has 0 radical (unpaired) electrons. The van der Waals surface area contributed by atoms with Crippen molar-refractivity contribution in [3.63, 3.8) is 0 Å². The van der Waals surface area contributed by atoms with Gasteiger partial charge in [-0.3, -0.25) is 0 Å². The molecule has 0 fully saturated rings. The standard InChI is InChI=1S/C21H31NO7Se/c1-20(2,3)28-18(24)22(19(25)29-21(4,5)6)16(17(23)27-8)13-30-15-11-9-14(26-7)10-12-15/h9-12,16H,13H2,1-8H3/t16-/m0/s1. The number of carbonyl (C=O) groups excluding carboxylic acids is 3. The number of nitrogens with zero attached hydrogens (tertiary/aromatic N) is 1. The number of methoxy groups -OCH3 is 2. The Balaban J connectivity index is 3.18. The number of hydrogen-bond donors (Lipinski definition) is 0. The summed E-state index contributed by atoms with van der Waals surface area (Å²) in [6.07, 6.45) is -1.92. The predicted molar refractivity (Wildman–Crippen MR) is 113 cm³/mol. The molecule has 0 N–H and O–H groups in total. The summed E-state index contributed by atoms with van der Waals surface area (Å²) in [6.45, 7) is 10.0. The van der Waals surface area contributed by atoms with E-state index in [9.17, 15) is 14.4 Å². The van der Waals surface area contributed by atoms with Gasteiger partial charge in [0.1, 0.15) is 0 Å². The zero-order valence-electron chi connectivity index (χ0n) is 18.8. The Labute approximate surface area is 184 Å². The molecule has 0 heterocycles. The zero-order valence-corrected chi connectivity index (χ0v) is 20.5. The van der Waals surface area contributed by atoms with Crippen LogP contribution in [0, 0.1) is 0 Å². The van der Waals surface area contributed by atoms with Crippen molar-refractivity contribution in [3.05, 3.63) is 24.3 Å². The van der Waals surface area contributed by atoms with Gasteiger partial charge in [0.05, 0.1) is 0 Å². The molecule has 1 rings (SSSR count). The van der Waals surface area contributed by atoms with Crippen molar-refractivity contribution in [1.82, 2.24) is 4.90 Å². The molecule has 1 aromatic carbocycles. The Hall–Kier alpha value is -2.25. The number of carbonyl (C=O) groups is 3. The van der Waals surface area contributed by atoms with Crippen molar-refractivity contribution in [2.45, 2.75) is 64.1 Å². The molecule has 1 atom stereocenters. The molecular weight excluding hydrogens is 457 g/mol. The van der Waals surface area contributed by atoms with Gasteiger partial charge in [0, 0.05) is 0 Å². The Bertz CT molecular complexity index is 707. The van der Waals surface area contributed by atoms with E-state index >= 15 is 0 Å². The van der Waals surface area contributed by atoms with Gasteiger partial charge < -0.3 is 0 Å². The average molecular weight is 488 g/mol. The van der Waals surface area contributed by atoms with Gasteiger partial charge in [0.15, 0.2) is 0 Å². The molecule has 0 unspecified atom stereocenters. The van der Waals surface area contributed by atoms with Crippen LogP contribution in [0.25, 0.3) is 0 Å². The molecular formula is C21H31NO7Se. The van der Waals surface area contributed by atoms with Crippen LogP contribution in [0.15, 0.2) is 24.3 Å². The number of esters is 1. The molecule has 2 amide bonds. The summed E-state index contributed by atoms with van der Waals surface area (Å²) in [5, 5.41) is 0.199. The normalized spacial score (nSPS) is 12.5. The van der Waals surface area contributed by atoms with Gasteiger partial charge in [0.25, 0.3) is 0 Å². The van der Waals surface area contributed by atoms with Crippen molar-refractivity contribution in [2.75, 3.05) is 14.2 Å². The third-order valence-corrected chi connectivity index (χ3v) is 5.72. The first kappa shape index (κ1) is 25.8. The van der Waals surface area contributed by atoms with Crippen LogP contribution in [-0.4, -0.2) is 69.5 Å². The van der Waals surface area contributed by atoms with Gasteiger partial charge in [0.2, 0.25) is 0 Å². The Morgan fingerprint density at radius 2 is 1.37 bits per heavy atom. The van der Waals surface area contributed by atoms with E-state index in [0.29, 0.717) is 10.6 Å². The van der Waals surface area contributed by atoms with E-state index in [-0.39, 0.29) is 20.3 Å². The molecule has 0 aliphatic heterocycles. The van der Waals surface area contributed by atoms with E-state index in [1.54, 1.807) is 48.7 Å². The molecule has 168 valence electrons. The fourth-order valence-corrected chi connectivity index (χ4v) is 4.20. The maximum absolute atomic E-state index is 12.8. The molecule has 0 saturated carbocycles. The first-order valence-electron chi connectivity index (χ1n) is 9.37. The van der Waals surface area contributed by atoms with Crippen molar-refractivity contribution >= 4 is 37.6 Å².